The highest BCUT2D eigenvalue weighted by Gasteiger charge is 2.30. The first-order valence-electron chi connectivity index (χ1n) is 10.4. The number of imidazole rings is 1. The standard InChI is InChI=1S/C22H23N7O3/c1-26-22(32-2)17-6-5-15(12-18(17)24-26)21(31)28-10-3-4-16(28)13-29-20(30)8-7-19(25-29)27-11-9-23-14-27/h5-9,11-12,14,16H,3-4,10,13H2,1-2H3. The molecule has 10 heteroatoms. The fourth-order valence-electron chi connectivity index (χ4n) is 4.31. The number of hydrogen-bond donors (Lipinski definition) is 0. The third-order valence-electron chi connectivity index (χ3n) is 5.86. The van der Waals surface area contributed by atoms with Gasteiger partial charge in [0, 0.05) is 37.6 Å². The zero-order chi connectivity index (χ0) is 22.2. The van der Waals surface area contributed by atoms with Crippen molar-refractivity contribution in [2.24, 2.45) is 7.05 Å². The van der Waals surface area contributed by atoms with E-state index in [1.54, 1.807) is 60.3 Å². The average Bonchev–Trinajstić information content (AvgIpc) is 3.54. The summed E-state index contributed by atoms with van der Waals surface area (Å²) in [6.45, 7) is 0.982. The van der Waals surface area contributed by atoms with Crippen molar-refractivity contribution < 1.29 is 9.53 Å². The van der Waals surface area contributed by atoms with Gasteiger partial charge in [-0.05, 0) is 37.1 Å². The molecule has 1 atom stereocenters. The highest BCUT2D eigenvalue weighted by Crippen LogP contribution is 2.27. The molecular weight excluding hydrogens is 410 g/mol. The molecule has 1 saturated heterocycles. The average molecular weight is 433 g/mol. The van der Waals surface area contributed by atoms with E-state index in [4.69, 9.17) is 4.74 Å². The van der Waals surface area contributed by atoms with Crippen LogP contribution in [0.3, 0.4) is 0 Å². The first kappa shape index (κ1) is 20.0. The topological polar surface area (TPSA) is 100 Å². The van der Waals surface area contributed by atoms with E-state index in [0.717, 1.165) is 18.2 Å². The van der Waals surface area contributed by atoms with Crippen molar-refractivity contribution >= 4 is 16.8 Å². The fourth-order valence-corrected chi connectivity index (χ4v) is 4.31. The number of nitrogens with zero attached hydrogens (tertiary/aromatic N) is 7. The van der Waals surface area contributed by atoms with E-state index in [1.165, 1.54) is 10.7 Å². The van der Waals surface area contributed by atoms with Gasteiger partial charge in [-0.3, -0.25) is 14.2 Å². The van der Waals surface area contributed by atoms with Crippen LogP contribution in [0, 0.1) is 0 Å². The molecule has 0 aliphatic carbocycles. The molecule has 0 radical (unpaired) electrons. The smallest absolute Gasteiger partial charge is 0.266 e. The molecule has 1 amide bonds. The number of methoxy groups -OCH3 is 1. The Morgan fingerprint density at radius 1 is 1.22 bits per heavy atom. The zero-order valence-corrected chi connectivity index (χ0v) is 17.9. The van der Waals surface area contributed by atoms with E-state index in [2.05, 4.69) is 15.2 Å². The van der Waals surface area contributed by atoms with Gasteiger partial charge in [0.15, 0.2) is 5.82 Å². The SMILES string of the molecule is COc1c2ccc(C(=O)N3CCCC3Cn3nc(-n4ccnc4)ccc3=O)cc2nn1C. The Labute approximate surface area is 183 Å². The van der Waals surface area contributed by atoms with Crippen LogP contribution in [0.4, 0.5) is 0 Å². The number of carbonyl (C=O) groups is 1. The predicted molar refractivity (Wildman–Crippen MR) is 117 cm³/mol. The van der Waals surface area contributed by atoms with Gasteiger partial charge in [-0.1, -0.05) is 0 Å². The quantitative estimate of drug-likeness (QED) is 0.474. The summed E-state index contributed by atoms with van der Waals surface area (Å²) < 4.78 is 10.2. The van der Waals surface area contributed by atoms with Gasteiger partial charge >= 0.3 is 0 Å². The van der Waals surface area contributed by atoms with Crippen LogP contribution in [0.2, 0.25) is 0 Å². The molecule has 164 valence electrons. The Bertz CT molecular complexity index is 1340. The van der Waals surface area contributed by atoms with Crippen LogP contribution < -0.4 is 10.3 Å². The van der Waals surface area contributed by atoms with Gasteiger partial charge in [-0.2, -0.15) is 10.2 Å². The molecule has 0 N–H and O–H groups in total. The molecule has 5 rings (SSSR count). The van der Waals surface area contributed by atoms with Crippen molar-refractivity contribution in [3.8, 4) is 11.7 Å². The lowest BCUT2D eigenvalue weighted by Gasteiger charge is -2.25. The number of carbonyl (C=O) groups excluding carboxylic acids is 1. The van der Waals surface area contributed by atoms with Gasteiger partial charge < -0.3 is 9.64 Å². The Kier molecular flexibility index (Phi) is 4.96. The number of amides is 1. The third-order valence-corrected chi connectivity index (χ3v) is 5.86. The molecule has 1 aliphatic heterocycles. The largest absolute Gasteiger partial charge is 0.481 e. The number of hydrogen-bond acceptors (Lipinski definition) is 6. The van der Waals surface area contributed by atoms with E-state index < -0.39 is 0 Å². The lowest BCUT2D eigenvalue weighted by Crippen LogP contribution is -2.40. The molecule has 10 nitrogen and oxygen atoms in total. The normalized spacial score (nSPS) is 16.1. The van der Waals surface area contributed by atoms with Crippen molar-refractivity contribution in [3.05, 3.63) is 65.0 Å². The Morgan fingerprint density at radius 3 is 2.88 bits per heavy atom. The Balaban J connectivity index is 1.40. The van der Waals surface area contributed by atoms with Crippen molar-refractivity contribution in [1.82, 2.24) is 34.0 Å². The summed E-state index contributed by atoms with van der Waals surface area (Å²) in [5.41, 5.74) is 1.07. The molecule has 0 spiro atoms. The molecule has 1 aromatic carbocycles. The van der Waals surface area contributed by atoms with Gasteiger partial charge in [0.05, 0.1) is 30.6 Å². The maximum absolute atomic E-state index is 13.3. The molecule has 4 aromatic rings. The Morgan fingerprint density at radius 2 is 2.09 bits per heavy atom. The summed E-state index contributed by atoms with van der Waals surface area (Å²) in [7, 11) is 3.40. The van der Waals surface area contributed by atoms with Crippen LogP contribution in [-0.2, 0) is 13.6 Å². The summed E-state index contributed by atoms with van der Waals surface area (Å²) >= 11 is 0. The van der Waals surface area contributed by atoms with Crippen molar-refractivity contribution in [3.63, 3.8) is 0 Å². The maximum atomic E-state index is 13.3. The van der Waals surface area contributed by atoms with Crippen LogP contribution in [0.1, 0.15) is 23.2 Å². The van der Waals surface area contributed by atoms with Crippen LogP contribution in [-0.4, -0.2) is 59.6 Å². The molecule has 1 aliphatic rings. The minimum Gasteiger partial charge on any atom is -0.481 e. The molecule has 3 aromatic heterocycles. The summed E-state index contributed by atoms with van der Waals surface area (Å²) in [6, 6.07) is 8.49. The number of likely N-dealkylation sites (tertiary alicyclic amines) is 1. The molecule has 4 heterocycles. The summed E-state index contributed by atoms with van der Waals surface area (Å²) in [5, 5.41) is 9.77. The van der Waals surface area contributed by atoms with Crippen LogP contribution in [0.15, 0.2) is 53.8 Å². The second kappa shape index (κ2) is 7.95. The minimum atomic E-state index is -0.199. The molecule has 0 bridgehead atoms. The highest BCUT2D eigenvalue weighted by atomic mass is 16.5. The van der Waals surface area contributed by atoms with E-state index in [1.807, 2.05) is 11.0 Å². The molecule has 1 unspecified atom stereocenters. The molecule has 32 heavy (non-hydrogen) atoms. The fraction of sp³-hybridized carbons (Fsp3) is 0.318. The highest BCUT2D eigenvalue weighted by molar-refractivity contribution is 5.99. The van der Waals surface area contributed by atoms with Crippen molar-refractivity contribution in [1.29, 1.82) is 0 Å². The van der Waals surface area contributed by atoms with Gasteiger partial charge in [-0.25, -0.2) is 14.3 Å². The summed E-state index contributed by atoms with van der Waals surface area (Å²) in [4.78, 5) is 31.6. The van der Waals surface area contributed by atoms with E-state index in [0.29, 0.717) is 35.9 Å². The molecule has 1 fully saturated rings. The van der Waals surface area contributed by atoms with E-state index >= 15 is 0 Å². The Hall–Kier alpha value is -3.95. The van der Waals surface area contributed by atoms with E-state index in [9.17, 15) is 9.59 Å². The second-order valence-electron chi connectivity index (χ2n) is 7.84. The predicted octanol–water partition coefficient (Wildman–Crippen LogP) is 1.63. The monoisotopic (exact) mass is 433 g/mol. The lowest BCUT2D eigenvalue weighted by atomic mass is 10.1. The van der Waals surface area contributed by atoms with Gasteiger partial charge in [0.25, 0.3) is 11.5 Å². The number of ether oxygens (including phenoxy) is 1. The van der Waals surface area contributed by atoms with Crippen LogP contribution in [0.25, 0.3) is 16.7 Å². The van der Waals surface area contributed by atoms with Gasteiger partial charge in [-0.15, -0.1) is 0 Å². The van der Waals surface area contributed by atoms with Crippen LogP contribution in [0.5, 0.6) is 5.88 Å². The van der Waals surface area contributed by atoms with Crippen LogP contribution >= 0.6 is 0 Å². The zero-order valence-electron chi connectivity index (χ0n) is 17.9. The third kappa shape index (κ3) is 3.43. The van der Waals surface area contributed by atoms with Gasteiger partial charge in [0.1, 0.15) is 6.33 Å². The van der Waals surface area contributed by atoms with E-state index in [-0.39, 0.29) is 17.5 Å². The first-order chi connectivity index (χ1) is 15.5. The first-order valence-corrected chi connectivity index (χ1v) is 10.4. The minimum absolute atomic E-state index is 0.0715. The summed E-state index contributed by atoms with van der Waals surface area (Å²) in [6.07, 6.45) is 6.75. The number of fused-ring (bicyclic) bond motifs is 1. The number of aromatic nitrogens is 6. The number of aryl methyl sites for hydroxylation is 1. The molecule has 0 saturated carbocycles. The molecular formula is C22H23N7O3. The summed E-state index contributed by atoms with van der Waals surface area (Å²) in [5.74, 6) is 1.19. The lowest BCUT2D eigenvalue weighted by molar-refractivity contribution is 0.0720. The van der Waals surface area contributed by atoms with Crippen molar-refractivity contribution in [2.45, 2.75) is 25.4 Å². The van der Waals surface area contributed by atoms with Gasteiger partial charge in [0.2, 0.25) is 5.88 Å². The number of benzene rings is 1. The second-order valence-corrected chi connectivity index (χ2v) is 7.84. The van der Waals surface area contributed by atoms with Crippen molar-refractivity contribution in [2.75, 3.05) is 13.7 Å². The maximum Gasteiger partial charge on any atom is 0.266 e. The number of rotatable bonds is 5.